The van der Waals surface area contributed by atoms with Crippen LogP contribution in [0.25, 0.3) is 0 Å². The zero-order valence-electron chi connectivity index (χ0n) is 13.8. The summed E-state index contributed by atoms with van der Waals surface area (Å²) in [7, 11) is 0. The van der Waals surface area contributed by atoms with Crippen LogP contribution in [0.5, 0.6) is 0 Å². The highest BCUT2D eigenvalue weighted by molar-refractivity contribution is 6.02. The minimum absolute atomic E-state index is 0.0281. The van der Waals surface area contributed by atoms with E-state index in [4.69, 9.17) is 5.11 Å². The number of carboxylic acids is 1. The first-order valence-electron chi connectivity index (χ1n) is 8.33. The Morgan fingerprint density at radius 3 is 2.28 bits per heavy atom. The van der Waals surface area contributed by atoms with Gasteiger partial charge in [-0.2, -0.15) is 5.10 Å². The zero-order valence-corrected chi connectivity index (χ0v) is 13.8. The predicted molar refractivity (Wildman–Crippen MR) is 95.3 cm³/mol. The van der Waals surface area contributed by atoms with E-state index in [2.05, 4.69) is 10.5 Å². The van der Waals surface area contributed by atoms with E-state index in [0.717, 1.165) is 12.0 Å². The number of amides is 1. The minimum atomic E-state index is -0.888. The molecule has 0 aromatic heterocycles. The van der Waals surface area contributed by atoms with Crippen LogP contribution in [0.2, 0.25) is 0 Å². The molecular weight excluding hydrogens is 316 g/mol. The molecule has 3 rings (SSSR count). The molecule has 1 aliphatic carbocycles. The maximum atomic E-state index is 12.3. The van der Waals surface area contributed by atoms with Gasteiger partial charge in [-0.25, -0.2) is 5.43 Å². The lowest BCUT2D eigenvalue weighted by molar-refractivity contribution is -0.136. The fourth-order valence-electron chi connectivity index (χ4n) is 2.88. The number of carbonyl (C=O) groups excluding carboxylic acids is 1. The van der Waals surface area contributed by atoms with E-state index in [9.17, 15) is 9.59 Å². The van der Waals surface area contributed by atoms with Gasteiger partial charge in [-0.05, 0) is 23.5 Å². The van der Waals surface area contributed by atoms with Gasteiger partial charge in [0.15, 0.2) is 0 Å². The lowest BCUT2D eigenvalue weighted by atomic mass is 10.1. The number of rotatable bonds is 7. The number of benzene rings is 2. The molecule has 0 spiro atoms. The van der Waals surface area contributed by atoms with Crippen LogP contribution in [-0.4, -0.2) is 22.7 Å². The van der Waals surface area contributed by atoms with Crippen molar-refractivity contribution in [1.82, 2.24) is 5.43 Å². The fourth-order valence-corrected chi connectivity index (χ4v) is 2.88. The monoisotopic (exact) mass is 336 g/mol. The SMILES string of the molecule is O=C(O)CC/C(=N/NC(=O)[C@@H]1C[C@@H]1c1ccccc1)c1ccccc1. The smallest absolute Gasteiger partial charge is 0.303 e. The van der Waals surface area contributed by atoms with Gasteiger partial charge in [0, 0.05) is 12.3 Å². The summed E-state index contributed by atoms with van der Waals surface area (Å²) < 4.78 is 0. The summed E-state index contributed by atoms with van der Waals surface area (Å²) in [4.78, 5) is 23.2. The Labute approximate surface area is 146 Å². The third-order valence-electron chi connectivity index (χ3n) is 4.34. The van der Waals surface area contributed by atoms with Crippen LogP contribution in [0.3, 0.4) is 0 Å². The molecule has 1 amide bonds. The third-order valence-corrected chi connectivity index (χ3v) is 4.34. The molecule has 1 fully saturated rings. The second kappa shape index (κ2) is 7.75. The Kier molecular flexibility index (Phi) is 5.23. The third kappa shape index (κ3) is 4.53. The molecule has 1 saturated carbocycles. The number of nitrogens with one attached hydrogen (secondary N) is 1. The molecule has 25 heavy (non-hydrogen) atoms. The molecule has 2 N–H and O–H groups in total. The average Bonchev–Trinajstić information content (AvgIpc) is 3.44. The van der Waals surface area contributed by atoms with Gasteiger partial charge in [0.05, 0.1) is 12.1 Å². The number of hydrogen-bond acceptors (Lipinski definition) is 3. The Morgan fingerprint density at radius 2 is 1.64 bits per heavy atom. The normalized spacial score (nSPS) is 19.3. The largest absolute Gasteiger partial charge is 0.481 e. The van der Waals surface area contributed by atoms with E-state index in [1.165, 1.54) is 5.56 Å². The van der Waals surface area contributed by atoms with Crippen LogP contribution in [0.15, 0.2) is 65.8 Å². The molecule has 2 aromatic rings. The van der Waals surface area contributed by atoms with Gasteiger partial charge in [0.1, 0.15) is 0 Å². The quantitative estimate of drug-likeness (QED) is 0.602. The number of carboxylic acid groups (broad SMARTS) is 1. The van der Waals surface area contributed by atoms with Crippen LogP contribution in [0.4, 0.5) is 0 Å². The van der Waals surface area contributed by atoms with Crippen LogP contribution >= 0.6 is 0 Å². The van der Waals surface area contributed by atoms with Gasteiger partial charge in [-0.15, -0.1) is 0 Å². The molecule has 2 aromatic carbocycles. The van der Waals surface area contributed by atoms with Crippen LogP contribution in [0.1, 0.15) is 36.3 Å². The Hall–Kier alpha value is -2.95. The van der Waals surface area contributed by atoms with Gasteiger partial charge in [0.25, 0.3) is 0 Å². The Morgan fingerprint density at radius 1 is 1.00 bits per heavy atom. The summed E-state index contributed by atoms with van der Waals surface area (Å²) in [5, 5.41) is 13.1. The Balaban J connectivity index is 1.65. The van der Waals surface area contributed by atoms with Crippen LogP contribution in [-0.2, 0) is 9.59 Å². The molecule has 1 aliphatic rings. The van der Waals surface area contributed by atoms with E-state index < -0.39 is 5.97 Å². The van der Waals surface area contributed by atoms with E-state index >= 15 is 0 Å². The summed E-state index contributed by atoms with van der Waals surface area (Å²) in [6.07, 6.45) is 1.06. The average molecular weight is 336 g/mol. The molecule has 0 heterocycles. The molecule has 0 saturated heterocycles. The van der Waals surface area contributed by atoms with E-state index in [0.29, 0.717) is 5.71 Å². The number of aliphatic carboxylic acids is 1. The number of nitrogens with zero attached hydrogens (tertiary/aromatic N) is 1. The second-order valence-corrected chi connectivity index (χ2v) is 6.15. The highest BCUT2D eigenvalue weighted by Crippen LogP contribution is 2.47. The topological polar surface area (TPSA) is 78.8 Å². The van der Waals surface area contributed by atoms with Crippen molar-refractivity contribution < 1.29 is 14.7 Å². The van der Waals surface area contributed by atoms with E-state index in [1.807, 2.05) is 60.7 Å². The number of carbonyl (C=O) groups is 2. The van der Waals surface area contributed by atoms with Crippen molar-refractivity contribution in [1.29, 1.82) is 0 Å². The van der Waals surface area contributed by atoms with Crippen LogP contribution in [0, 0.1) is 5.92 Å². The Bertz CT molecular complexity index is 772. The molecule has 0 unspecified atom stereocenters. The first-order chi connectivity index (χ1) is 12.1. The highest BCUT2D eigenvalue weighted by atomic mass is 16.4. The molecule has 5 heteroatoms. The summed E-state index contributed by atoms with van der Waals surface area (Å²) in [5.41, 5.74) is 5.19. The molecule has 2 atom stereocenters. The predicted octanol–water partition coefficient (Wildman–Crippen LogP) is 3.18. The summed E-state index contributed by atoms with van der Waals surface area (Å²) in [5.74, 6) is -0.822. The molecular formula is C20H20N2O3. The molecule has 5 nitrogen and oxygen atoms in total. The maximum Gasteiger partial charge on any atom is 0.303 e. The number of hydrogen-bond donors (Lipinski definition) is 2. The summed E-state index contributed by atoms with van der Waals surface area (Å²) in [6, 6.07) is 19.3. The lowest BCUT2D eigenvalue weighted by Gasteiger charge is -2.06. The highest BCUT2D eigenvalue weighted by Gasteiger charge is 2.43. The lowest BCUT2D eigenvalue weighted by Crippen LogP contribution is -2.22. The van der Waals surface area contributed by atoms with Gasteiger partial charge in [-0.3, -0.25) is 9.59 Å². The second-order valence-electron chi connectivity index (χ2n) is 6.15. The summed E-state index contributed by atoms with van der Waals surface area (Å²) >= 11 is 0. The van der Waals surface area contributed by atoms with E-state index in [-0.39, 0.29) is 30.6 Å². The van der Waals surface area contributed by atoms with Crippen molar-refractivity contribution >= 4 is 17.6 Å². The molecule has 128 valence electrons. The van der Waals surface area contributed by atoms with Crippen LogP contribution < -0.4 is 5.43 Å². The van der Waals surface area contributed by atoms with Gasteiger partial charge in [0.2, 0.25) is 5.91 Å². The van der Waals surface area contributed by atoms with Gasteiger partial charge >= 0.3 is 5.97 Å². The number of hydrazone groups is 1. The maximum absolute atomic E-state index is 12.3. The first-order valence-corrected chi connectivity index (χ1v) is 8.33. The minimum Gasteiger partial charge on any atom is -0.481 e. The van der Waals surface area contributed by atoms with E-state index in [1.54, 1.807) is 0 Å². The van der Waals surface area contributed by atoms with Crippen molar-refractivity contribution in [2.24, 2.45) is 11.0 Å². The van der Waals surface area contributed by atoms with Crippen molar-refractivity contribution in [3.63, 3.8) is 0 Å². The standard InChI is InChI=1S/C20H20N2O3/c23-19(24)12-11-18(15-9-5-2-6-10-15)21-22-20(25)17-13-16(17)14-7-3-1-4-8-14/h1-10,16-17H,11-13H2,(H,22,25)(H,23,24)/b21-18-/t16-,17-/m1/s1. The molecule has 0 aliphatic heterocycles. The van der Waals surface area contributed by atoms with Crippen molar-refractivity contribution in [2.75, 3.05) is 0 Å². The molecule has 0 radical (unpaired) electrons. The summed E-state index contributed by atoms with van der Waals surface area (Å²) in [6.45, 7) is 0. The first kappa shape index (κ1) is 16.9. The van der Waals surface area contributed by atoms with Crippen molar-refractivity contribution in [3.8, 4) is 0 Å². The molecule has 0 bridgehead atoms. The van der Waals surface area contributed by atoms with Gasteiger partial charge < -0.3 is 5.11 Å². The zero-order chi connectivity index (χ0) is 17.6. The van der Waals surface area contributed by atoms with Crippen molar-refractivity contribution in [2.45, 2.75) is 25.2 Å². The van der Waals surface area contributed by atoms with Gasteiger partial charge in [-0.1, -0.05) is 60.7 Å². The van der Waals surface area contributed by atoms with Crippen molar-refractivity contribution in [3.05, 3.63) is 71.8 Å². The fraction of sp³-hybridized carbons (Fsp3) is 0.250.